The highest BCUT2D eigenvalue weighted by Gasteiger charge is 2.40. The number of rotatable bonds is 2. The Bertz CT molecular complexity index is 463. The second-order valence-electron chi connectivity index (χ2n) is 6.41. The molecule has 7 heteroatoms. The van der Waals surface area contributed by atoms with Crippen molar-refractivity contribution in [3.63, 3.8) is 0 Å². The van der Waals surface area contributed by atoms with E-state index in [1.165, 1.54) is 25.8 Å². The van der Waals surface area contributed by atoms with Gasteiger partial charge in [-0.1, -0.05) is 0 Å². The molecule has 7 nitrogen and oxygen atoms in total. The van der Waals surface area contributed by atoms with Crippen molar-refractivity contribution >= 4 is 17.9 Å². The summed E-state index contributed by atoms with van der Waals surface area (Å²) in [5, 5.41) is 12.2. The highest BCUT2D eigenvalue weighted by Crippen LogP contribution is 2.26. The zero-order valence-electron chi connectivity index (χ0n) is 12.8. The fourth-order valence-corrected chi connectivity index (χ4v) is 2.88. The lowest BCUT2D eigenvalue weighted by Gasteiger charge is -2.44. The first kappa shape index (κ1) is 15.6. The van der Waals surface area contributed by atoms with E-state index >= 15 is 0 Å². The molecule has 2 unspecified atom stereocenters. The van der Waals surface area contributed by atoms with Crippen LogP contribution in [0.2, 0.25) is 0 Å². The summed E-state index contributed by atoms with van der Waals surface area (Å²) in [6.45, 7) is 4.14. The van der Waals surface area contributed by atoms with Crippen LogP contribution in [0.25, 0.3) is 0 Å². The molecule has 2 aliphatic rings. The van der Waals surface area contributed by atoms with E-state index in [-0.39, 0.29) is 23.9 Å². The van der Waals surface area contributed by atoms with Gasteiger partial charge in [-0.3, -0.25) is 4.79 Å². The first-order valence-corrected chi connectivity index (χ1v) is 7.29. The zero-order chi connectivity index (χ0) is 15.8. The smallest absolute Gasteiger partial charge is 0.329 e. The van der Waals surface area contributed by atoms with Gasteiger partial charge in [-0.2, -0.15) is 0 Å². The van der Waals surface area contributed by atoms with Gasteiger partial charge in [0, 0.05) is 32.6 Å². The molecule has 0 bridgehead atoms. The van der Waals surface area contributed by atoms with Crippen LogP contribution in [0.4, 0.5) is 4.79 Å². The average molecular weight is 297 g/mol. The molecule has 0 aromatic rings. The molecule has 0 spiro atoms. The van der Waals surface area contributed by atoms with E-state index in [1.807, 2.05) is 0 Å². The van der Waals surface area contributed by atoms with Gasteiger partial charge < -0.3 is 20.2 Å². The normalized spacial score (nSPS) is 25.9. The Labute approximate surface area is 124 Å². The molecule has 0 aromatic carbocycles. The summed E-state index contributed by atoms with van der Waals surface area (Å²) in [5.74, 6) is -0.680. The van der Waals surface area contributed by atoms with E-state index in [4.69, 9.17) is 0 Å². The minimum absolute atomic E-state index is 0.0835. The minimum Gasteiger partial charge on any atom is -0.480 e. The number of carbonyl (C=O) groups excluding carboxylic acids is 2. The van der Waals surface area contributed by atoms with Gasteiger partial charge in [0.25, 0.3) is 0 Å². The topological polar surface area (TPSA) is 90.0 Å². The van der Waals surface area contributed by atoms with Crippen LogP contribution < -0.4 is 5.32 Å². The molecule has 21 heavy (non-hydrogen) atoms. The number of hydrogen-bond donors (Lipinski definition) is 2. The van der Waals surface area contributed by atoms with Crippen LogP contribution in [0, 0.1) is 5.92 Å². The molecule has 2 atom stereocenters. The molecule has 0 aromatic heterocycles. The van der Waals surface area contributed by atoms with E-state index < -0.39 is 11.5 Å². The number of nitrogens with one attached hydrogen (secondary N) is 1. The number of likely N-dealkylation sites (N-methyl/N-ethyl adjacent to an activating group) is 1. The molecule has 0 radical (unpaired) electrons. The summed E-state index contributed by atoms with van der Waals surface area (Å²) < 4.78 is 0. The fraction of sp³-hybridized carbons (Fsp3) is 0.786. The third-order valence-electron chi connectivity index (χ3n) is 4.74. The van der Waals surface area contributed by atoms with Crippen LogP contribution in [-0.4, -0.2) is 64.5 Å². The lowest BCUT2D eigenvalue weighted by Crippen LogP contribution is -2.60. The number of carboxylic acid groups (broad SMARTS) is 1. The van der Waals surface area contributed by atoms with Gasteiger partial charge in [0.2, 0.25) is 5.91 Å². The molecule has 2 fully saturated rings. The average Bonchev–Trinajstić information content (AvgIpc) is 2.44. The Kier molecular flexibility index (Phi) is 4.11. The second-order valence-corrected chi connectivity index (χ2v) is 6.41. The van der Waals surface area contributed by atoms with E-state index in [9.17, 15) is 19.5 Å². The Morgan fingerprint density at radius 2 is 2.05 bits per heavy atom. The summed E-state index contributed by atoms with van der Waals surface area (Å²) >= 11 is 0. The second kappa shape index (κ2) is 5.54. The lowest BCUT2D eigenvalue weighted by atomic mass is 9.85. The zero-order valence-corrected chi connectivity index (χ0v) is 12.8. The van der Waals surface area contributed by atoms with E-state index in [0.29, 0.717) is 19.5 Å². The highest BCUT2D eigenvalue weighted by molar-refractivity contribution is 5.85. The van der Waals surface area contributed by atoms with Crippen molar-refractivity contribution in [3.8, 4) is 0 Å². The van der Waals surface area contributed by atoms with Crippen molar-refractivity contribution in [2.75, 3.05) is 20.1 Å². The Morgan fingerprint density at radius 3 is 2.67 bits per heavy atom. The minimum atomic E-state index is -1.24. The Hall–Kier alpha value is -1.79. The van der Waals surface area contributed by atoms with E-state index in [1.54, 1.807) is 4.90 Å². The van der Waals surface area contributed by atoms with Gasteiger partial charge in [0.05, 0.1) is 0 Å². The number of likely N-dealkylation sites (tertiary alicyclic amines) is 1. The SMILES string of the molecule is CN(C(=O)N1CCC2NC(=O)CCC2C1)C(C)(C)C(=O)O. The molecular formula is C14H23N3O4. The molecule has 2 aliphatic heterocycles. The molecule has 2 rings (SSSR count). The number of aliphatic carboxylic acids is 1. The highest BCUT2D eigenvalue weighted by atomic mass is 16.4. The van der Waals surface area contributed by atoms with E-state index in [2.05, 4.69) is 5.32 Å². The number of piperidine rings is 2. The molecule has 2 saturated heterocycles. The molecular weight excluding hydrogens is 274 g/mol. The molecule has 3 amide bonds. The molecule has 0 saturated carbocycles. The van der Waals surface area contributed by atoms with Gasteiger partial charge in [0.15, 0.2) is 0 Å². The third-order valence-corrected chi connectivity index (χ3v) is 4.74. The van der Waals surface area contributed by atoms with Crippen molar-refractivity contribution in [1.82, 2.24) is 15.1 Å². The number of urea groups is 1. The largest absolute Gasteiger partial charge is 0.480 e. The van der Waals surface area contributed by atoms with Crippen LogP contribution in [0.1, 0.15) is 33.1 Å². The number of fused-ring (bicyclic) bond motifs is 1. The van der Waals surface area contributed by atoms with Crippen LogP contribution >= 0.6 is 0 Å². The molecule has 118 valence electrons. The summed E-state index contributed by atoms with van der Waals surface area (Å²) in [6, 6.07) is -0.120. The number of carboxylic acids is 1. The number of carbonyl (C=O) groups is 3. The maximum absolute atomic E-state index is 12.5. The van der Waals surface area contributed by atoms with Crippen molar-refractivity contribution in [2.24, 2.45) is 5.92 Å². The summed E-state index contributed by atoms with van der Waals surface area (Å²) in [6.07, 6.45) is 2.01. The van der Waals surface area contributed by atoms with E-state index in [0.717, 1.165) is 12.8 Å². The molecule has 2 heterocycles. The van der Waals surface area contributed by atoms with Crippen LogP contribution in [-0.2, 0) is 9.59 Å². The quantitative estimate of drug-likeness (QED) is 0.776. The standard InChI is InChI=1S/C14H23N3O4/c1-14(2,12(19)20)16(3)13(21)17-7-6-10-9(8-17)4-5-11(18)15-10/h9-10H,4-8H2,1-3H3,(H,15,18)(H,19,20). The van der Waals surface area contributed by atoms with Gasteiger partial charge in [-0.15, -0.1) is 0 Å². The first-order valence-electron chi connectivity index (χ1n) is 7.29. The van der Waals surface area contributed by atoms with Gasteiger partial charge in [-0.05, 0) is 32.6 Å². The van der Waals surface area contributed by atoms with Gasteiger partial charge >= 0.3 is 12.0 Å². The predicted molar refractivity (Wildman–Crippen MR) is 75.7 cm³/mol. The maximum atomic E-state index is 12.5. The number of hydrogen-bond acceptors (Lipinski definition) is 3. The van der Waals surface area contributed by atoms with Crippen LogP contribution in [0.15, 0.2) is 0 Å². The third kappa shape index (κ3) is 2.96. The van der Waals surface area contributed by atoms with Crippen LogP contribution in [0.5, 0.6) is 0 Å². The predicted octanol–water partition coefficient (Wildman–Crippen LogP) is 0.502. The van der Waals surface area contributed by atoms with Gasteiger partial charge in [0.1, 0.15) is 5.54 Å². The van der Waals surface area contributed by atoms with Gasteiger partial charge in [-0.25, -0.2) is 9.59 Å². The fourth-order valence-electron chi connectivity index (χ4n) is 2.88. The van der Waals surface area contributed by atoms with Crippen molar-refractivity contribution < 1.29 is 19.5 Å². The monoisotopic (exact) mass is 297 g/mol. The maximum Gasteiger partial charge on any atom is 0.329 e. The molecule has 0 aliphatic carbocycles. The van der Waals surface area contributed by atoms with Crippen molar-refractivity contribution in [1.29, 1.82) is 0 Å². The number of nitrogens with zero attached hydrogens (tertiary/aromatic N) is 2. The molecule has 2 N–H and O–H groups in total. The van der Waals surface area contributed by atoms with Crippen LogP contribution in [0.3, 0.4) is 0 Å². The summed E-state index contributed by atoms with van der Waals surface area (Å²) in [5.41, 5.74) is -1.24. The first-order chi connectivity index (χ1) is 9.73. The van der Waals surface area contributed by atoms with Crippen molar-refractivity contribution in [3.05, 3.63) is 0 Å². The summed E-state index contributed by atoms with van der Waals surface area (Å²) in [7, 11) is 1.52. The lowest BCUT2D eigenvalue weighted by molar-refractivity contribution is -0.147. The number of amides is 3. The Morgan fingerprint density at radius 1 is 1.38 bits per heavy atom. The van der Waals surface area contributed by atoms with Crippen molar-refractivity contribution in [2.45, 2.75) is 44.7 Å². The Balaban J connectivity index is 2.02. The summed E-state index contributed by atoms with van der Waals surface area (Å²) in [4.78, 5) is 38.1.